The number of carbonyl (C=O) groups is 1. The Bertz CT molecular complexity index is 320. The largest absolute Gasteiger partial charge is 0.359 e. The van der Waals surface area contributed by atoms with Gasteiger partial charge in [-0.25, -0.2) is 0 Å². The molecule has 0 bridgehead atoms. The molecule has 1 aliphatic heterocycles. The van der Waals surface area contributed by atoms with E-state index in [2.05, 4.69) is 27.4 Å². The highest BCUT2D eigenvalue weighted by molar-refractivity contribution is 5.95. The third-order valence-corrected chi connectivity index (χ3v) is 2.96. The highest BCUT2D eigenvalue weighted by Gasteiger charge is 2.48. The van der Waals surface area contributed by atoms with Crippen molar-refractivity contribution in [1.82, 2.24) is 0 Å². The summed E-state index contributed by atoms with van der Waals surface area (Å²) in [5.41, 5.74) is -0.273. The van der Waals surface area contributed by atoms with Gasteiger partial charge in [0.1, 0.15) is 5.60 Å². The van der Waals surface area contributed by atoms with Crippen LogP contribution in [0.1, 0.15) is 34.6 Å². The summed E-state index contributed by atoms with van der Waals surface area (Å²) in [6.45, 7) is 13.6. The fourth-order valence-corrected chi connectivity index (χ4v) is 1.96. The molecule has 84 valence electrons. The van der Waals surface area contributed by atoms with Crippen molar-refractivity contribution in [3.63, 3.8) is 0 Å². The molecule has 0 radical (unpaired) electrons. The van der Waals surface area contributed by atoms with E-state index in [1.54, 1.807) is 0 Å². The van der Waals surface area contributed by atoms with E-state index in [4.69, 9.17) is 4.74 Å². The molecule has 0 unspecified atom stereocenters. The van der Waals surface area contributed by atoms with Crippen LogP contribution in [-0.4, -0.2) is 17.5 Å². The summed E-state index contributed by atoms with van der Waals surface area (Å²) >= 11 is 0. The Kier molecular flexibility index (Phi) is 2.92. The summed E-state index contributed by atoms with van der Waals surface area (Å²) < 4.78 is 5.90. The molecule has 1 rings (SSSR count). The van der Waals surface area contributed by atoms with E-state index in [1.807, 2.05) is 19.1 Å². The second-order valence-electron chi connectivity index (χ2n) is 5.20. The van der Waals surface area contributed by atoms with Crippen molar-refractivity contribution < 1.29 is 9.53 Å². The van der Waals surface area contributed by atoms with Crippen molar-refractivity contribution >= 4 is 5.78 Å². The first-order chi connectivity index (χ1) is 6.71. The van der Waals surface area contributed by atoms with Crippen molar-refractivity contribution in [2.75, 3.05) is 0 Å². The number of Topliss-reactive ketones (excluding diaryl/α,β-unsaturated/α-hetero) is 1. The van der Waals surface area contributed by atoms with Crippen molar-refractivity contribution in [3.05, 3.63) is 24.3 Å². The standard InChI is InChI=1S/C13H20O2/c1-9-7-8-13(15-9,12(4,5)6)10(2)11(3)14/h7-9H,2H2,1,3-6H3/t9-,13+/m0/s1. The van der Waals surface area contributed by atoms with Gasteiger partial charge in [-0.2, -0.15) is 0 Å². The summed E-state index contributed by atoms with van der Waals surface area (Å²) in [5, 5.41) is 0. The Hall–Kier alpha value is -0.890. The van der Waals surface area contributed by atoms with Crippen molar-refractivity contribution in [2.24, 2.45) is 5.41 Å². The smallest absolute Gasteiger partial charge is 0.158 e. The highest BCUT2D eigenvalue weighted by atomic mass is 16.5. The minimum absolute atomic E-state index is 0.0105. The Morgan fingerprint density at radius 1 is 1.47 bits per heavy atom. The van der Waals surface area contributed by atoms with Gasteiger partial charge in [0.25, 0.3) is 0 Å². The number of hydrogen-bond donors (Lipinski definition) is 0. The first-order valence-corrected chi connectivity index (χ1v) is 5.28. The maximum Gasteiger partial charge on any atom is 0.158 e. The van der Waals surface area contributed by atoms with Crippen LogP contribution in [0.3, 0.4) is 0 Å². The molecule has 0 aromatic carbocycles. The molecule has 2 heteroatoms. The lowest BCUT2D eigenvalue weighted by atomic mass is 9.71. The zero-order valence-electron chi connectivity index (χ0n) is 10.3. The van der Waals surface area contributed by atoms with Crippen LogP contribution < -0.4 is 0 Å². The van der Waals surface area contributed by atoms with Crippen LogP contribution in [0.15, 0.2) is 24.3 Å². The fraction of sp³-hybridized carbons (Fsp3) is 0.615. The van der Waals surface area contributed by atoms with E-state index in [9.17, 15) is 4.79 Å². The van der Waals surface area contributed by atoms with Gasteiger partial charge in [-0.15, -0.1) is 0 Å². The van der Waals surface area contributed by atoms with E-state index < -0.39 is 5.60 Å². The van der Waals surface area contributed by atoms with Gasteiger partial charge in [0.2, 0.25) is 0 Å². The lowest BCUT2D eigenvalue weighted by Gasteiger charge is -2.41. The SMILES string of the molecule is C=C(C(C)=O)[C@@]1(C(C)(C)C)C=C[C@H](C)O1. The van der Waals surface area contributed by atoms with Gasteiger partial charge >= 0.3 is 0 Å². The van der Waals surface area contributed by atoms with E-state index >= 15 is 0 Å². The number of ketones is 1. The maximum atomic E-state index is 11.5. The summed E-state index contributed by atoms with van der Waals surface area (Å²) in [6, 6.07) is 0. The number of hydrogen-bond acceptors (Lipinski definition) is 2. The molecule has 15 heavy (non-hydrogen) atoms. The van der Waals surface area contributed by atoms with Gasteiger partial charge in [0.15, 0.2) is 5.78 Å². The van der Waals surface area contributed by atoms with Crippen LogP contribution in [0.2, 0.25) is 0 Å². The van der Waals surface area contributed by atoms with E-state index in [1.165, 1.54) is 6.92 Å². The zero-order valence-corrected chi connectivity index (χ0v) is 10.3. The van der Waals surface area contributed by atoms with Crippen molar-refractivity contribution in [3.8, 4) is 0 Å². The molecule has 0 fully saturated rings. The molecule has 0 aromatic heterocycles. The molecule has 2 nitrogen and oxygen atoms in total. The first-order valence-electron chi connectivity index (χ1n) is 5.28. The topological polar surface area (TPSA) is 26.3 Å². The van der Waals surface area contributed by atoms with Crippen LogP contribution in [-0.2, 0) is 9.53 Å². The predicted octanol–water partition coefficient (Wildman–Crippen LogP) is 2.89. The average molecular weight is 208 g/mol. The predicted molar refractivity (Wildman–Crippen MR) is 61.7 cm³/mol. The molecule has 0 amide bonds. The van der Waals surface area contributed by atoms with Crippen LogP contribution in [0, 0.1) is 5.41 Å². The van der Waals surface area contributed by atoms with Crippen molar-refractivity contribution in [1.29, 1.82) is 0 Å². The van der Waals surface area contributed by atoms with Gasteiger partial charge < -0.3 is 4.74 Å². The Labute approximate surface area is 92.0 Å². The van der Waals surface area contributed by atoms with Crippen LogP contribution >= 0.6 is 0 Å². The number of carbonyl (C=O) groups excluding carboxylic acids is 1. The molecule has 1 heterocycles. The van der Waals surface area contributed by atoms with E-state index in [0.717, 1.165) is 0 Å². The quantitative estimate of drug-likeness (QED) is 0.515. The first kappa shape index (κ1) is 12.2. The third-order valence-electron chi connectivity index (χ3n) is 2.96. The molecule has 2 atom stereocenters. The lowest BCUT2D eigenvalue weighted by molar-refractivity contribution is -0.119. The Morgan fingerprint density at radius 3 is 2.27 bits per heavy atom. The van der Waals surface area contributed by atoms with E-state index in [-0.39, 0.29) is 17.3 Å². The van der Waals surface area contributed by atoms with Gasteiger partial charge in [-0.3, -0.25) is 4.79 Å². The van der Waals surface area contributed by atoms with Crippen molar-refractivity contribution in [2.45, 2.75) is 46.3 Å². The van der Waals surface area contributed by atoms with Crippen LogP contribution in [0.25, 0.3) is 0 Å². The molecule has 0 N–H and O–H groups in total. The summed E-state index contributed by atoms with van der Waals surface area (Å²) in [4.78, 5) is 11.5. The molecule has 0 aliphatic carbocycles. The second kappa shape index (κ2) is 3.60. The summed E-state index contributed by atoms with van der Waals surface area (Å²) in [6.07, 6.45) is 4.00. The normalized spacial score (nSPS) is 30.6. The average Bonchev–Trinajstić information content (AvgIpc) is 2.46. The minimum atomic E-state index is -0.641. The Balaban J connectivity index is 3.16. The van der Waals surface area contributed by atoms with Crippen LogP contribution in [0.4, 0.5) is 0 Å². The number of rotatable bonds is 2. The molecule has 0 aromatic rings. The molecule has 1 aliphatic rings. The molecular formula is C13H20O2. The zero-order chi connectivity index (χ0) is 11.9. The molecule has 0 spiro atoms. The van der Waals surface area contributed by atoms with Crippen LogP contribution in [0.5, 0.6) is 0 Å². The maximum absolute atomic E-state index is 11.5. The molecule has 0 saturated heterocycles. The second-order valence-corrected chi connectivity index (χ2v) is 5.20. The monoisotopic (exact) mass is 208 g/mol. The lowest BCUT2D eigenvalue weighted by Crippen LogP contribution is -2.45. The fourth-order valence-electron chi connectivity index (χ4n) is 1.96. The molecular weight excluding hydrogens is 188 g/mol. The Morgan fingerprint density at radius 2 is 2.00 bits per heavy atom. The van der Waals surface area contributed by atoms with Gasteiger partial charge in [-0.05, 0) is 25.3 Å². The van der Waals surface area contributed by atoms with Gasteiger partial charge in [-0.1, -0.05) is 33.4 Å². The number of ether oxygens (including phenoxy) is 1. The summed E-state index contributed by atoms with van der Waals surface area (Å²) in [5.74, 6) is -0.0105. The minimum Gasteiger partial charge on any atom is -0.359 e. The highest BCUT2D eigenvalue weighted by Crippen LogP contribution is 2.44. The van der Waals surface area contributed by atoms with Gasteiger partial charge in [0, 0.05) is 5.57 Å². The molecule has 0 saturated carbocycles. The van der Waals surface area contributed by atoms with Gasteiger partial charge in [0.05, 0.1) is 6.10 Å². The summed E-state index contributed by atoms with van der Waals surface area (Å²) in [7, 11) is 0. The third kappa shape index (κ3) is 1.91. The van der Waals surface area contributed by atoms with E-state index in [0.29, 0.717) is 5.57 Å².